The van der Waals surface area contributed by atoms with Crippen LogP contribution < -0.4 is 14.5 Å². The van der Waals surface area contributed by atoms with Crippen LogP contribution in [0.15, 0.2) is 51.5 Å². The van der Waals surface area contributed by atoms with Gasteiger partial charge in [0.1, 0.15) is 6.61 Å². The minimum absolute atomic E-state index is 0.0711. The Morgan fingerprint density at radius 2 is 2.13 bits per heavy atom. The molecule has 0 unspecified atom stereocenters. The predicted octanol–water partition coefficient (Wildman–Crippen LogP) is 3.97. The van der Waals surface area contributed by atoms with Gasteiger partial charge in [0, 0.05) is 0 Å². The van der Waals surface area contributed by atoms with Crippen molar-refractivity contribution in [2.45, 2.75) is 6.92 Å². The van der Waals surface area contributed by atoms with E-state index in [0.29, 0.717) is 38.5 Å². The number of halogens is 1. The molecule has 0 saturated carbocycles. The third-order valence-electron chi connectivity index (χ3n) is 4.26. The van der Waals surface area contributed by atoms with Crippen LogP contribution in [0.1, 0.15) is 22.8 Å². The molecule has 1 aliphatic heterocycles. The molecule has 2 aromatic carbocycles. The topological polar surface area (TPSA) is 88.4 Å². The van der Waals surface area contributed by atoms with Crippen molar-refractivity contribution < 1.29 is 24.2 Å². The molecule has 1 N–H and O–H groups in total. The van der Waals surface area contributed by atoms with E-state index in [1.165, 1.54) is 24.3 Å². The SMILES string of the molecule is C#CCOc1c(Br)cc(/C=C2\C(=O)N(c3cccc(C(=O)O)c3)N=C2C)cc1OC. The second-order valence-corrected chi connectivity index (χ2v) is 7.10. The van der Waals surface area contributed by atoms with Crippen molar-refractivity contribution in [3.8, 4) is 23.8 Å². The van der Waals surface area contributed by atoms with Gasteiger partial charge in [-0.1, -0.05) is 12.0 Å². The third kappa shape index (κ3) is 4.21. The van der Waals surface area contributed by atoms with Gasteiger partial charge in [-0.3, -0.25) is 4.79 Å². The molecule has 0 fully saturated rings. The average Bonchev–Trinajstić information content (AvgIpc) is 3.01. The maximum atomic E-state index is 13.0. The second kappa shape index (κ2) is 8.84. The Morgan fingerprint density at radius 1 is 1.37 bits per heavy atom. The van der Waals surface area contributed by atoms with E-state index in [-0.39, 0.29) is 18.1 Å². The van der Waals surface area contributed by atoms with Crippen LogP contribution in [0.3, 0.4) is 0 Å². The number of hydrogen-bond donors (Lipinski definition) is 1. The summed E-state index contributed by atoms with van der Waals surface area (Å²) in [6, 6.07) is 9.54. The summed E-state index contributed by atoms with van der Waals surface area (Å²) >= 11 is 3.43. The summed E-state index contributed by atoms with van der Waals surface area (Å²) in [6.07, 6.45) is 6.93. The van der Waals surface area contributed by atoms with Crippen LogP contribution in [0.4, 0.5) is 5.69 Å². The molecule has 0 saturated heterocycles. The largest absolute Gasteiger partial charge is 0.493 e. The number of terminal acetylenes is 1. The molecule has 0 radical (unpaired) electrons. The lowest BCUT2D eigenvalue weighted by Crippen LogP contribution is -2.21. The summed E-state index contributed by atoms with van der Waals surface area (Å²) in [7, 11) is 1.51. The molecule has 8 heteroatoms. The number of carboxylic acids is 1. The highest BCUT2D eigenvalue weighted by Crippen LogP contribution is 2.37. The van der Waals surface area contributed by atoms with E-state index in [0.717, 1.165) is 0 Å². The molecule has 0 aliphatic carbocycles. The first-order valence-corrected chi connectivity index (χ1v) is 9.54. The quantitative estimate of drug-likeness (QED) is 0.511. The smallest absolute Gasteiger partial charge is 0.335 e. The fourth-order valence-corrected chi connectivity index (χ4v) is 3.45. The number of benzene rings is 2. The fourth-order valence-electron chi connectivity index (χ4n) is 2.87. The molecule has 0 spiro atoms. The van der Waals surface area contributed by atoms with E-state index < -0.39 is 5.97 Å². The number of hydrogen-bond acceptors (Lipinski definition) is 5. The summed E-state index contributed by atoms with van der Waals surface area (Å²) in [6.45, 7) is 1.80. The van der Waals surface area contributed by atoms with Gasteiger partial charge in [-0.05, 0) is 64.8 Å². The number of aromatic carboxylic acids is 1. The summed E-state index contributed by atoms with van der Waals surface area (Å²) in [5.74, 6) is 1.88. The van der Waals surface area contributed by atoms with Crippen molar-refractivity contribution in [3.05, 3.63) is 57.6 Å². The van der Waals surface area contributed by atoms with Gasteiger partial charge >= 0.3 is 5.97 Å². The highest BCUT2D eigenvalue weighted by atomic mass is 79.9. The van der Waals surface area contributed by atoms with E-state index in [9.17, 15) is 14.7 Å². The maximum Gasteiger partial charge on any atom is 0.335 e. The predicted molar refractivity (Wildman–Crippen MR) is 117 cm³/mol. The monoisotopic (exact) mass is 468 g/mol. The van der Waals surface area contributed by atoms with E-state index in [1.54, 1.807) is 37.3 Å². The standard InChI is InChI=1S/C22H17BrN2O5/c1-4-8-30-20-18(23)10-14(11-19(20)29-3)9-17-13(2)24-25(21(17)26)16-7-5-6-15(12-16)22(27)28/h1,5-7,9-12H,8H2,2-3H3,(H,27,28)/b17-9-. The van der Waals surface area contributed by atoms with Gasteiger partial charge in [-0.25, -0.2) is 4.79 Å². The number of rotatable bonds is 6. The molecule has 1 aliphatic rings. The van der Waals surface area contributed by atoms with E-state index >= 15 is 0 Å². The zero-order chi connectivity index (χ0) is 21.8. The van der Waals surface area contributed by atoms with Gasteiger partial charge in [0.15, 0.2) is 11.5 Å². The van der Waals surface area contributed by atoms with Gasteiger partial charge in [0.05, 0.1) is 34.1 Å². The first-order chi connectivity index (χ1) is 14.3. The number of anilines is 1. The van der Waals surface area contributed by atoms with Crippen LogP contribution in [0, 0.1) is 12.3 Å². The summed E-state index contributed by atoms with van der Waals surface area (Å²) in [4.78, 5) is 24.2. The number of amides is 1. The Bertz CT molecular complexity index is 1130. The lowest BCUT2D eigenvalue weighted by atomic mass is 10.1. The second-order valence-electron chi connectivity index (χ2n) is 6.24. The van der Waals surface area contributed by atoms with Gasteiger partial charge in [0.2, 0.25) is 0 Å². The highest BCUT2D eigenvalue weighted by molar-refractivity contribution is 9.10. The van der Waals surface area contributed by atoms with Crippen molar-refractivity contribution in [1.82, 2.24) is 0 Å². The van der Waals surface area contributed by atoms with E-state index in [2.05, 4.69) is 27.0 Å². The lowest BCUT2D eigenvalue weighted by molar-refractivity contribution is -0.114. The number of ether oxygens (including phenoxy) is 2. The van der Waals surface area contributed by atoms with Gasteiger partial charge in [0.25, 0.3) is 5.91 Å². The van der Waals surface area contributed by atoms with Crippen molar-refractivity contribution in [3.63, 3.8) is 0 Å². The Kier molecular flexibility index (Phi) is 6.23. The highest BCUT2D eigenvalue weighted by Gasteiger charge is 2.29. The summed E-state index contributed by atoms with van der Waals surface area (Å²) in [5.41, 5.74) is 2.01. The van der Waals surface area contributed by atoms with Crippen molar-refractivity contribution >= 4 is 45.3 Å². The van der Waals surface area contributed by atoms with Crippen molar-refractivity contribution in [2.75, 3.05) is 18.7 Å². The fraction of sp³-hybridized carbons (Fsp3) is 0.136. The Labute approximate surface area is 181 Å². The summed E-state index contributed by atoms with van der Waals surface area (Å²) < 4.78 is 11.5. The van der Waals surface area contributed by atoms with E-state index in [4.69, 9.17) is 15.9 Å². The number of carbonyl (C=O) groups excluding carboxylic acids is 1. The molecule has 152 valence electrons. The molecule has 1 amide bonds. The Hall–Kier alpha value is -3.57. The Morgan fingerprint density at radius 3 is 2.80 bits per heavy atom. The molecule has 1 heterocycles. The normalized spacial score (nSPS) is 14.5. The number of carbonyl (C=O) groups is 2. The molecule has 3 rings (SSSR count). The minimum atomic E-state index is -1.08. The number of nitrogens with zero attached hydrogens (tertiary/aromatic N) is 2. The minimum Gasteiger partial charge on any atom is -0.493 e. The Balaban J connectivity index is 1.96. The van der Waals surface area contributed by atoms with Crippen LogP contribution in [-0.2, 0) is 4.79 Å². The number of methoxy groups -OCH3 is 1. The summed E-state index contributed by atoms with van der Waals surface area (Å²) in [5, 5.41) is 14.7. The van der Waals surface area contributed by atoms with Crippen LogP contribution >= 0.6 is 15.9 Å². The van der Waals surface area contributed by atoms with Crippen LogP contribution in [0.25, 0.3) is 6.08 Å². The van der Waals surface area contributed by atoms with Crippen LogP contribution in [0.2, 0.25) is 0 Å². The number of carboxylic acid groups (broad SMARTS) is 1. The molecule has 7 nitrogen and oxygen atoms in total. The third-order valence-corrected chi connectivity index (χ3v) is 4.85. The zero-order valence-electron chi connectivity index (χ0n) is 16.2. The molecule has 0 bridgehead atoms. The molecule has 0 aromatic heterocycles. The van der Waals surface area contributed by atoms with Crippen LogP contribution in [-0.4, -0.2) is 36.4 Å². The molecular formula is C22H17BrN2O5. The first-order valence-electron chi connectivity index (χ1n) is 8.74. The van der Waals surface area contributed by atoms with Gasteiger partial charge < -0.3 is 14.6 Å². The van der Waals surface area contributed by atoms with Gasteiger partial charge in [-0.2, -0.15) is 10.1 Å². The van der Waals surface area contributed by atoms with Gasteiger partial charge in [-0.15, -0.1) is 6.42 Å². The van der Waals surface area contributed by atoms with Crippen molar-refractivity contribution in [2.24, 2.45) is 5.10 Å². The number of hydrazone groups is 1. The molecule has 2 aromatic rings. The molecular weight excluding hydrogens is 452 g/mol. The zero-order valence-corrected chi connectivity index (χ0v) is 17.8. The lowest BCUT2D eigenvalue weighted by Gasteiger charge is -2.13. The average molecular weight is 469 g/mol. The van der Waals surface area contributed by atoms with Crippen molar-refractivity contribution in [1.29, 1.82) is 0 Å². The first kappa shape index (κ1) is 21.1. The van der Waals surface area contributed by atoms with E-state index in [1.807, 2.05) is 0 Å². The maximum absolute atomic E-state index is 13.0. The molecule has 30 heavy (non-hydrogen) atoms. The van der Waals surface area contributed by atoms with Crippen LogP contribution in [0.5, 0.6) is 11.5 Å². The molecule has 0 atom stereocenters.